The molecule has 1 aromatic heterocycles. The first-order chi connectivity index (χ1) is 8.65. The van der Waals surface area contributed by atoms with Gasteiger partial charge in [0.1, 0.15) is 11.4 Å². The summed E-state index contributed by atoms with van der Waals surface area (Å²) in [5, 5.41) is 0. The molecule has 5 nitrogen and oxygen atoms in total. The van der Waals surface area contributed by atoms with Crippen molar-refractivity contribution in [2.24, 2.45) is 16.5 Å². The lowest BCUT2D eigenvalue weighted by Crippen LogP contribution is -2.21. The highest BCUT2D eigenvalue weighted by Gasteiger charge is 2.33. The number of rotatable bonds is 1. The van der Waals surface area contributed by atoms with Gasteiger partial charge >= 0.3 is 0 Å². The Balaban J connectivity index is 2.27. The minimum absolute atomic E-state index is 0.348. The quantitative estimate of drug-likeness (QED) is 0.749. The molecule has 18 heavy (non-hydrogen) atoms. The standard InChI is InChI=1S/C13H16N4O/c1-16-11-9-6-7-4-2-3-5-8(7)17(9)12(14)10(11)13(15)18/h6H,2-5,14H2,1H3,(H2,15,18). The van der Waals surface area contributed by atoms with E-state index >= 15 is 0 Å². The lowest BCUT2D eigenvalue weighted by Gasteiger charge is -2.14. The number of primary amides is 1. The van der Waals surface area contributed by atoms with Crippen molar-refractivity contribution in [1.82, 2.24) is 4.57 Å². The summed E-state index contributed by atoms with van der Waals surface area (Å²) in [4.78, 5) is 15.7. The second-order valence-corrected chi connectivity index (χ2v) is 4.74. The van der Waals surface area contributed by atoms with E-state index in [0.717, 1.165) is 25.0 Å². The number of hydrogen-bond acceptors (Lipinski definition) is 3. The summed E-state index contributed by atoms with van der Waals surface area (Å²) in [6, 6.07) is 2.10. The van der Waals surface area contributed by atoms with E-state index < -0.39 is 5.91 Å². The number of aryl methyl sites for hydroxylation is 1. The molecule has 1 amide bonds. The number of nitrogens with two attached hydrogens (primary N) is 2. The predicted molar refractivity (Wildman–Crippen MR) is 70.1 cm³/mol. The van der Waals surface area contributed by atoms with E-state index in [2.05, 4.69) is 11.1 Å². The van der Waals surface area contributed by atoms with E-state index in [1.165, 1.54) is 17.7 Å². The molecule has 5 heteroatoms. The van der Waals surface area contributed by atoms with E-state index in [1.807, 2.05) is 4.57 Å². The fourth-order valence-electron chi connectivity index (χ4n) is 2.98. The highest BCUT2D eigenvalue weighted by molar-refractivity contribution is 6.33. The molecule has 0 aromatic carbocycles. The van der Waals surface area contributed by atoms with E-state index in [0.29, 0.717) is 17.1 Å². The first-order valence-electron chi connectivity index (χ1n) is 6.16. The van der Waals surface area contributed by atoms with Crippen molar-refractivity contribution < 1.29 is 4.79 Å². The number of carbonyl (C=O) groups excluding carboxylic acids is 1. The fourth-order valence-corrected chi connectivity index (χ4v) is 2.98. The average Bonchev–Trinajstić information content (AvgIpc) is 2.84. The third kappa shape index (κ3) is 1.27. The largest absolute Gasteiger partial charge is 0.384 e. The summed E-state index contributed by atoms with van der Waals surface area (Å²) in [6.45, 7) is 0. The van der Waals surface area contributed by atoms with Crippen molar-refractivity contribution in [3.05, 3.63) is 28.6 Å². The Kier molecular flexibility index (Phi) is 2.29. The van der Waals surface area contributed by atoms with Crippen LogP contribution in [0.3, 0.4) is 0 Å². The molecule has 0 unspecified atom stereocenters. The van der Waals surface area contributed by atoms with Gasteiger partial charge in [-0.2, -0.15) is 0 Å². The minimum Gasteiger partial charge on any atom is -0.384 e. The van der Waals surface area contributed by atoms with Crippen LogP contribution < -0.4 is 11.5 Å². The minimum atomic E-state index is -0.513. The number of aromatic nitrogens is 1. The maximum Gasteiger partial charge on any atom is 0.254 e. The summed E-state index contributed by atoms with van der Waals surface area (Å²) in [6.07, 6.45) is 4.44. The monoisotopic (exact) mass is 244 g/mol. The van der Waals surface area contributed by atoms with Crippen LogP contribution in [0, 0.1) is 0 Å². The van der Waals surface area contributed by atoms with Crippen molar-refractivity contribution in [3.63, 3.8) is 0 Å². The molecule has 2 aliphatic rings. The zero-order valence-electron chi connectivity index (χ0n) is 10.4. The van der Waals surface area contributed by atoms with Crippen LogP contribution in [-0.4, -0.2) is 23.2 Å². The molecule has 1 aliphatic carbocycles. The van der Waals surface area contributed by atoms with Gasteiger partial charge in [0.2, 0.25) is 0 Å². The number of amides is 1. The smallest absolute Gasteiger partial charge is 0.254 e. The predicted octanol–water partition coefficient (Wildman–Crippen LogP) is 0.412. The molecule has 3 rings (SSSR count). The molecule has 1 aromatic rings. The molecule has 0 saturated heterocycles. The Morgan fingerprint density at radius 1 is 1.39 bits per heavy atom. The van der Waals surface area contributed by atoms with Gasteiger partial charge in [0.15, 0.2) is 0 Å². The second kappa shape index (κ2) is 3.73. The fraction of sp³-hybridized carbons (Fsp3) is 0.385. The molecule has 0 spiro atoms. The van der Waals surface area contributed by atoms with E-state index in [4.69, 9.17) is 11.5 Å². The lowest BCUT2D eigenvalue weighted by molar-refractivity contribution is -0.114. The number of nitrogens with zero attached hydrogens (tertiary/aromatic N) is 2. The van der Waals surface area contributed by atoms with E-state index in [-0.39, 0.29) is 0 Å². The number of hydrogen-bond donors (Lipinski definition) is 2. The third-order valence-electron chi connectivity index (χ3n) is 3.75. The summed E-state index contributed by atoms with van der Waals surface area (Å²) in [7, 11) is 1.66. The van der Waals surface area contributed by atoms with Crippen molar-refractivity contribution in [2.75, 3.05) is 7.05 Å². The van der Waals surface area contributed by atoms with Crippen LogP contribution >= 0.6 is 0 Å². The van der Waals surface area contributed by atoms with Crippen LogP contribution in [0.25, 0.3) is 5.82 Å². The molecule has 2 heterocycles. The molecule has 1 aliphatic heterocycles. The van der Waals surface area contributed by atoms with Gasteiger partial charge in [-0.25, -0.2) is 0 Å². The van der Waals surface area contributed by atoms with Gasteiger partial charge in [-0.15, -0.1) is 0 Å². The van der Waals surface area contributed by atoms with Crippen molar-refractivity contribution in [2.45, 2.75) is 25.7 Å². The Morgan fingerprint density at radius 3 is 2.78 bits per heavy atom. The Labute approximate surface area is 105 Å². The van der Waals surface area contributed by atoms with Crippen LogP contribution in [0.1, 0.15) is 29.8 Å². The van der Waals surface area contributed by atoms with Gasteiger partial charge in [0.25, 0.3) is 5.91 Å². The number of aliphatic imine (C=N–C) groups is 1. The zero-order chi connectivity index (χ0) is 12.9. The normalized spacial score (nSPS) is 20.2. The molecule has 94 valence electrons. The van der Waals surface area contributed by atoms with E-state index in [9.17, 15) is 4.79 Å². The van der Waals surface area contributed by atoms with Crippen LogP contribution in [0.2, 0.25) is 0 Å². The van der Waals surface area contributed by atoms with Gasteiger partial charge in [-0.05, 0) is 37.3 Å². The molecule has 0 fully saturated rings. The van der Waals surface area contributed by atoms with Crippen molar-refractivity contribution in [1.29, 1.82) is 0 Å². The Bertz CT molecular complexity index is 607. The first-order valence-corrected chi connectivity index (χ1v) is 6.16. The van der Waals surface area contributed by atoms with E-state index in [1.54, 1.807) is 7.05 Å². The SMILES string of the molecule is CN=C1C(C(N)=O)=C(N)n2c1cc1c2CCCC1. The van der Waals surface area contributed by atoms with Crippen LogP contribution in [0.15, 0.2) is 16.6 Å². The summed E-state index contributed by atoms with van der Waals surface area (Å²) >= 11 is 0. The Hall–Kier alpha value is -2.04. The van der Waals surface area contributed by atoms with Crippen LogP contribution in [0.4, 0.5) is 0 Å². The third-order valence-corrected chi connectivity index (χ3v) is 3.75. The van der Waals surface area contributed by atoms with Gasteiger partial charge in [0, 0.05) is 12.7 Å². The second-order valence-electron chi connectivity index (χ2n) is 4.74. The average molecular weight is 244 g/mol. The molecule has 0 atom stereocenters. The maximum atomic E-state index is 11.5. The molecule has 0 radical (unpaired) electrons. The molecule has 0 bridgehead atoms. The topological polar surface area (TPSA) is 86.4 Å². The highest BCUT2D eigenvalue weighted by atomic mass is 16.1. The molecular weight excluding hydrogens is 228 g/mol. The zero-order valence-corrected chi connectivity index (χ0v) is 10.4. The van der Waals surface area contributed by atoms with Gasteiger partial charge in [-0.1, -0.05) is 0 Å². The summed E-state index contributed by atoms with van der Waals surface area (Å²) < 4.78 is 1.96. The molecule has 4 N–H and O–H groups in total. The number of carbonyl (C=O) groups is 1. The summed E-state index contributed by atoms with van der Waals surface area (Å²) in [5.74, 6) is -0.0809. The highest BCUT2D eigenvalue weighted by Crippen LogP contribution is 2.33. The summed E-state index contributed by atoms with van der Waals surface area (Å²) in [5.41, 5.74) is 15.9. The van der Waals surface area contributed by atoms with Crippen LogP contribution in [0.5, 0.6) is 0 Å². The van der Waals surface area contributed by atoms with Gasteiger partial charge in [0.05, 0.1) is 11.4 Å². The number of fused-ring (bicyclic) bond motifs is 3. The van der Waals surface area contributed by atoms with Gasteiger partial charge < -0.3 is 11.5 Å². The first kappa shape index (κ1) is 11.1. The molecular formula is C13H16N4O. The maximum absolute atomic E-state index is 11.5. The van der Waals surface area contributed by atoms with Crippen LogP contribution in [-0.2, 0) is 17.6 Å². The van der Waals surface area contributed by atoms with Crippen molar-refractivity contribution in [3.8, 4) is 0 Å². The Morgan fingerprint density at radius 2 is 2.11 bits per heavy atom. The van der Waals surface area contributed by atoms with Crippen molar-refractivity contribution >= 4 is 17.4 Å². The van der Waals surface area contributed by atoms with Gasteiger partial charge in [-0.3, -0.25) is 14.4 Å². The molecule has 0 saturated carbocycles. The lowest BCUT2D eigenvalue weighted by atomic mass is 9.97.